The molecule has 4 aromatic rings. The molecule has 0 aliphatic carbocycles. The Morgan fingerprint density at radius 2 is 1.23 bits per heavy atom. The maximum Gasteiger partial charge on any atom is 0.251 e. The molecule has 7 rings (SSSR count). The fourth-order valence-electron chi connectivity index (χ4n) is 10.3. The second-order valence-electron chi connectivity index (χ2n) is 21.2. The van der Waals surface area contributed by atoms with E-state index in [-0.39, 0.29) is 56.5 Å². The molecule has 0 saturated carbocycles. The Kier molecular flexibility index (Phi) is 20.8. The van der Waals surface area contributed by atoms with Crippen LogP contribution in [-0.2, 0) is 35.2 Å². The number of amides is 7. The van der Waals surface area contributed by atoms with Gasteiger partial charge in [-0.2, -0.15) is 0 Å². The number of fused-ring (bicyclic) bond motifs is 2. The normalized spacial score (nSPS) is 25.8. The van der Waals surface area contributed by atoms with Gasteiger partial charge in [-0.3, -0.25) is 33.6 Å². The predicted molar refractivity (Wildman–Crippen MR) is 294 cm³/mol. The third kappa shape index (κ3) is 15.1. The third-order valence-corrected chi connectivity index (χ3v) is 15.0. The molecule has 2 unspecified atom stereocenters. The smallest absolute Gasteiger partial charge is 0.251 e. The number of nitrogens with one attached hydrogen (secondary N) is 5. The van der Waals surface area contributed by atoms with Crippen molar-refractivity contribution in [2.24, 2.45) is 5.92 Å². The van der Waals surface area contributed by atoms with Gasteiger partial charge in [0.25, 0.3) is 5.91 Å². The van der Waals surface area contributed by atoms with Crippen LogP contribution in [0.4, 0.5) is 0 Å². The highest BCUT2D eigenvalue weighted by Crippen LogP contribution is 2.29. The first kappa shape index (κ1) is 60.2. The number of hydrogen-bond donors (Lipinski definition) is 11. The number of aliphatic hydroxyl groups is 5. The van der Waals surface area contributed by atoms with Crippen LogP contribution >= 0.6 is 0 Å². The molecular formula is C59H75N7O14. The van der Waals surface area contributed by atoms with Gasteiger partial charge >= 0.3 is 0 Å². The monoisotopic (exact) mass is 1110 g/mol. The maximum absolute atomic E-state index is 14.5. The zero-order chi connectivity index (χ0) is 57.8. The molecule has 80 heavy (non-hydrogen) atoms. The molecule has 430 valence electrons. The lowest BCUT2D eigenvalue weighted by Gasteiger charge is -2.33. The summed E-state index contributed by atoms with van der Waals surface area (Å²) in [7, 11) is 0. The number of carbonyl (C=O) groups excluding carboxylic acids is 7. The summed E-state index contributed by atoms with van der Waals surface area (Å²) in [5, 5.41) is 78.6. The van der Waals surface area contributed by atoms with Crippen molar-refractivity contribution < 1.29 is 68.9 Å². The number of benzene rings is 4. The highest BCUT2D eigenvalue weighted by atomic mass is 16.5. The first-order chi connectivity index (χ1) is 38.2. The molecule has 7 amide bonds. The van der Waals surface area contributed by atoms with Crippen molar-refractivity contribution >= 4 is 41.4 Å². The van der Waals surface area contributed by atoms with Crippen molar-refractivity contribution in [1.82, 2.24) is 36.4 Å². The van der Waals surface area contributed by atoms with E-state index in [4.69, 9.17) is 4.74 Å². The van der Waals surface area contributed by atoms with Crippen LogP contribution in [0.15, 0.2) is 97.1 Å². The SMILES string of the molecule is CCCCCOc1ccc(-c2ccc(-c3ccc(C(=O)N[C@H]4CCCCNC(=O)[C@@H]5[C@@H](O)[C@@H](C)CN5C(=O)[C@H](C(C)O)NC(=O)[C@H]([C@H](O)Cc5ccc(O)cc5)NC(=O)[C@@H]5C[C@@H](O)CN5C(=O)[C@H](C(C)O)NC4=O)cc3)cc2)cc1. The molecule has 0 bridgehead atoms. The number of unbranched alkanes of at least 4 members (excludes halogenated alkanes) is 2. The van der Waals surface area contributed by atoms with E-state index in [1.54, 1.807) is 31.2 Å². The molecule has 3 heterocycles. The quantitative estimate of drug-likeness (QED) is 0.0802. The van der Waals surface area contributed by atoms with Crippen LogP contribution in [0.5, 0.6) is 11.5 Å². The van der Waals surface area contributed by atoms with E-state index >= 15 is 0 Å². The van der Waals surface area contributed by atoms with E-state index in [1.807, 2.05) is 48.5 Å². The number of nitrogens with zero attached hydrogens (tertiary/aromatic N) is 2. The molecule has 0 aromatic heterocycles. The van der Waals surface area contributed by atoms with Gasteiger partial charge in [0.15, 0.2) is 0 Å². The molecule has 3 saturated heterocycles. The number of aromatic hydroxyl groups is 1. The van der Waals surface area contributed by atoms with E-state index in [0.717, 1.165) is 57.1 Å². The Morgan fingerprint density at radius 3 is 1.81 bits per heavy atom. The first-order valence-electron chi connectivity index (χ1n) is 27.5. The number of carbonyl (C=O) groups is 7. The second-order valence-corrected chi connectivity index (χ2v) is 21.2. The summed E-state index contributed by atoms with van der Waals surface area (Å²) in [5.74, 6) is -6.35. The van der Waals surface area contributed by atoms with Crippen LogP contribution in [0, 0.1) is 5.92 Å². The summed E-state index contributed by atoms with van der Waals surface area (Å²) in [6.07, 6.45) is -4.72. The van der Waals surface area contributed by atoms with Crippen LogP contribution in [0.1, 0.15) is 88.6 Å². The number of aliphatic hydroxyl groups excluding tert-OH is 5. The minimum absolute atomic E-state index is 0.0199. The van der Waals surface area contributed by atoms with Crippen molar-refractivity contribution in [1.29, 1.82) is 0 Å². The van der Waals surface area contributed by atoms with E-state index in [0.29, 0.717) is 12.2 Å². The van der Waals surface area contributed by atoms with Crippen molar-refractivity contribution in [2.45, 2.75) is 146 Å². The van der Waals surface area contributed by atoms with Gasteiger partial charge in [-0.1, -0.05) is 87.4 Å². The largest absolute Gasteiger partial charge is 0.508 e. The fraction of sp³-hybridized carbons (Fsp3) is 0.475. The van der Waals surface area contributed by atoms with Crippen LogP contribution < -0.4 is 31.3 Å². The predicted octanol–water partition coefficient (Wildman–Crippen LogP) is 1.68. The second kappa shape index (κ2) is 27.6. The molecule has 11 N–H and O–H groups in total. The summed E-state index contributed by atoms with van der Waals surface area (Å²) >= 11 is 0. The van der Waals surface area contributed by atoms with Crippen molar-refractivity contribution in [3.05, 3.63) is 108 Å². The highest BCUT2D eigenvalue weighted by molar-refractivity contribution is 6.00. The summed E-state index contributed by atoms with van der Waals surface area (Å²) in [6.45, 7) is 6.24. The summed E-state index contributed by atoms with van der Waals surface area (Å²) in [6, 6.07) is 18.4. The summed E-state index contributed by atoms with van der Waals surface area (Å²) in [5.41, 5.74) is 4.33. The Hall–Kier alpha value is -7.43. The summed E-state index contributed by atoms with van der Waals surface area (Å²) < 4.78 is 5.86. The van der Waals surface area contributed by atoms with Crippen molar-refractivity contribution in [3.63, 3.8) is 0 Å². The molecular weight excluding hydrogens is 1030 g/mol. The van der Waals surface area contributed by atoms with Gasteiger partial charge in [0, 0.05) is 44.0 Å². The van der Waals surface area contributed by atoms with Crippen molar-refractivity contribution in [2.75, 3.05) is 26.2 Å². The molecule has 3 aliphatic rings. The number of hydrogen-bond acceptors (Lipinski definition) is 14. The number of phenols is 1. The lowest BCUT2D eigenvalue weighted by molar-refractivity contribution is -0.147. The number of ether oxygens (including phenoxy) is 1. The Labute approximate surface area is 465 Å². The van der Waals surface area contributed by atoms with Crippen LogP contribution in [-0.4, -0.2) is 175 Å². The molecule has 0 spiro atoms. The van der Waals surface area contributed by atoms with Crippen LogP contribution in [0.3, 0.4) is 0 Å². The van der Waals surface area contributed by atoms with Crippen molar-refractivity contribution in [3.8, 4) is 33.8 Å². The van der Waals surface area contributed by atoms with E-state index in [1.165, 1.54) is 38.1 Å². The van der Waals surface area contributed by atoms with Gasteiger partial charge in [-0.25, -0.2) is 0 Å². The average Bonchev–Trinajstić information content (AvgIpc) is 3.99. The lowest BCUT2D eigenvalue weighted by atomic mass is 9.99. The van der Waals surface area contributed by atoms with E-state index < -0.39 is 121 Å². The number of rotatable bonds is 14. The van der Waals surface area contributed by atoms with E-state index in [2.05, 4.69) is 33.5 Å². The Bertz CT molecular complexity index is 2780. The molecule has 21 heteroatoms. The molecule has 3 aliphatic heterocycles. The molecule has 21 nitrogen and oxygen atoms in total. The topological polar surface area (TPSA) is 317 Å². The number of phenolic OH excluding ortho intramolecular Hbond substituents is 1. The molecule has 4 aromatic carbocycles. The van der Waals surface area contributed by atoms with Crippen LogP contribution in [0.2, 0.25) is 0 Å². The van der Waals surface area contributed by atoms with Gasteiger partial charge in [0.2, 0.25) is 35.4 Å². The lowest BCUT2D eigenvalue weighted by Crippen LogP contribution is -2.64. The molecule has 3 fully saturated rings. The zero-order valence-electron chi connectivity index (χ0n) is 45.5. The minimum atomic E-state index is -1.91. The fourth-order valence-corrected chi connectivity index (χ4v) is 10.3. The Balaban J connectivity index is 1.13. The van der Waals surface area contributed by atoms with Gasteiger partial charge in [-0.15, -0.1) is 0 Å². The zero-order valence-corrected chi connectivity index (χ0v) is 45.5. The van der Waals surface area contributed by atoms with Gasteiger partial charge in [-0.05, 0) is 104 Å². The van der Waals surface area contributed by atoms with Gasteiger partial charge in [0.05, 0.1) is 37.1 Å². The molecule has 12 atom stereocenters. The minimum Gasteiger partial charge on any atom is -0.508 e. The van der Waals surface area contributed by atoms with Gasteiger partial charge < -0.3 is 71.8 Å². The van der Waals surface area contributed by atoms with E-state index in [9.17, 15) is 64.2 Å². The molecule has 0 radical (unpaired) electrons. The van der Waals surface area contributed by atoms with Crippen LogP contribution in [0.25, 0.3) is 22.3 Å². The maximum atomic E-state index is 14.5. The van der Waals surface area contributed by atoms with Gasteiger partial charge in [0.1, 0.15) is 47.8 Å². The standard InChI is InChI=1S/C59H75N7O14/c1-5-6-9-28-80-44-25-21-40(22-26-44)38-15-13-37(14-16-38)39-17-19-41(20-18-39)53(73)61-45-10-7-8-27-60-57(77)51-52(72)33(2)31-66(51)59(79)49(35(4)68)63-56(76)50(47(71)29-36-11-23-42(69)24-12-36)64-55(75)46-30-43(70)32-65(46)58(78)48(34(3)67)62-54(45)74/h11-26,33-35,43,45-52,67-72H,5-10,27-32H2,1-4H3,(H,60,77)(H,61,73)(H,62,74)(H,63,76)(H,64,75)/t33-,34?,35?,43+,45-,46-,47+,48-,49-,50-,51-,52-/m0/s1. The summed E-state index contributed by atoms with van der Waals surface area (Å²) in [4.78, 5) is 102. The highest BCUT2D eigenvalue weighted by Gasteiger charge is 2.49. The first-order valence-corrected chi connectivity index (χ1v) is 27.5. The average molecular weight is 1110 g/mol. The third-order valence-electron chi connectivity index (χ3n) is 15.0. The Morgan fingerprint density at radius 1 is 0.675 bits per heavy atom.